The van der Waals surface area contributed by atoms with Crippen LogP contribution in [0.1, 0.15) is 48.0 Å². The van der Waals surface area contributed by atoms with Gasteiger partial charge in [0, 0.05) is 31.6 Å². The van der Waals surface area contributed by atoms with Crippen molar-refractivity contribution in [3.63, 3.8) is 0 Å². The fourth-order valence-corrected chi connectivity index (χ4v) is 3.15. The van der Waals surface area contributed by atoms with E-state index in [1.54, 1.807) is 0 Å². The van der Waals surface area contributed by atoms with E-state index < -0.39 is 0 Å². The molecular weight excluding hydrogens is 288 g/mol. The summed E-state index contributed by atoms with van der Waals surface area (Å²) in [5.41, 5.74) is 3.65. The van der Waals surface area contributed by atoms with Crippen LogP contribution in [0.5, 0.6) is 0 Å². The lowest BCUT2D eigenvalue weighted by Gasteiger charge is -2.39. The van der Waals surface area contributed by atoms with Crippen molar-refractivity contribution in [3.05, 3.63) is 47.3 Å². The van der Waals surface area contributed by atoms with E-state index in [-0.39, 0.29) is 5.91 Å². The zero-order valence-electron chi connectivity index (χ0n) is 13.5. The molecule has 1 aliphatic carbocycles. The van der Waals surface area contributed by atoms with Crippen LogP contribution < -0.4 is 0 Å². The largest absolute Gasteiger partial charge is 0.338 e. The summed E-state index contributed by atoms with van der Waals surface area (Å²) in [6.07, 6.45) is 5.96. The highest BCUT2D eigenvalue weighted by Crippen LogP contribution is 2.39. The summed E-state index contributed by atoms with van der Waals surface area (Å²) >= 11 is 0. The molecule has 5 heteroatoms. The lowest BCUT2D eigenvalue weighted by Crippen LogP contribution is -2.51. The number of benzene rings is 1. The number of carbonyl (C=O) groups excluding carboxylic acids is 1. The molecule has 5 nitrogen and oxygen atoms in total. The second-order valence-corrected chi connectivity index (χ2v) is 6.78. The Hall–Kier alpha value is -2.17. The van der Waals surface area contributed by atoms with Crippen LogP contribution in [0.4, 0.5) is 0 Å². The van der Waals surface area contributed by atoms with Crippen molar-refractivity contribution >= 4 is 5.91 Å². The lowest BCUT2D eigenvalue weighted by molar-refractivity contribution is -0.137. The van der Waals surface area contributed by atoms with E-state index in [1.165, 1.54) is 24.0 Å². The van der Waals surface area contributed by atoms with Crippen LogP contribution in [0.25, 0.3) is 0 Å². The molecule has 4 rings (SSSR count). The Morgan fingerprint density at radius 2 is 2.04 bits per heavy atom. The maximum Gasteiger partial charge on any atom is 0.223 e. The third-order valence-corrected chi connectivity index (χ3v) is 4.98. The van der Waals surface area contributed by atoms with Gasteiger partial charge in [0.25, 0.3) is 0 Å². The van der Waals surface area contributed by atoms with Gasteiger partial charge in [-0.25, -0.2) is 4.68 Å². The van der Waals surface area contributed by atoms with E-state index in [0.717, 1.165) is 25.2 Å². The van der Waals surface area contributed by atoms with Crippen molar-refractivity contribution in [1.29, 1.82) is 0 Å². The monoisotopic (exact) mass is 310 g/mol. The van der Waals surface area contributed by atoms with E-state index in [9.17, 15) is 4.79 Å². The molecule has 2 fully saturated rings. The zero-order valence-corrected chi connectivity index (χ0v) is 13.5. The average molecular weight is 310 g/mol. The van der Waals surface area contributed by atoms with Gasteiger partial charge in [0.15, 0.2) is 0 Å². The number of nitrogens with zero attached hydrogens (tertiary/aromatic N) is 4. The molecule has 2 heterocycles. The molecule has 2 aromatic rings. The maximum atomic E-state index is 12.3. The standard InChI is InChI=1S/C18H22N4O/c1-13-4-2-3-5-14(13)8-9-18(23)21-10-16(11-21)22-12-17(19-20-22)15-6-7-15/h2-5,12,15-16H,6-11H2,1H3. The third-order valence-electron chi connectivity index (χ3n) is 4.98. The van der Waals surface area contributed by atoms with Gasteiger partial charge in [0.1, 0.15) is 0 Å². The minimum absolute atomic E-state index is 0.243. The first kappa shape index (κ1) is 14.4. The molecule has 1 aliphatic heterocycles. The number of likely N-dealkylation sites (tertiary alicyclic amines) is 1. The molecule has 23 heavy (non-hydrogen) atoms. The quantitative estimate of drug-likeness (QED) is 0.852. The Morgan fingerprint density at radius 3 is 2.78 bits per heavy atom. The Balaban J connectivity index is 1.27. The average Bonchev–Trinajstić information content (AvgIpc) is 3.24. The van der Waals surface area contributed by atoms with Crippen molar-refractivity contribution < 1.29 is 4.79 Å². The van der Waals surface area contributed by atoms with Gasteiger partial charge in [-0.2, -0.15) is 0 Å². The normalized spacial score (nSPS) is 18.0. The predicted molar refractivity (Wildman–Crippen MR) is 87.1 cm³/mol. The van der Waals surface area contributed by atoms with Gasteiger partial charge >= 0.3 is 0 Å². The predicted octanol–water partition coefficient (Wildman–Crippen LogP) is 2.48. The molecule has 2 aliphatic rings. The van der Waals surface area contributed by atoms with Gasteiger partial charge in [-0.1, -0.05) is 29.5 Å². The smallest absolute Gasteiger partial charge is 0.223 e. The van der Waals surface area contributed by atoms with E-state index in [0.29, 0.717) is 18.4 Å². The maximum absolute atomic E-state index is 12.3. The topological polar surface area (TPSA) is 51.0 Å². The molecular formula is C18H22N4O. The van der Waals surface area contributed by atoms with Gasteiger partial charge < -0.3 is 4.90 Å². The Kier molecular flexibility index (Phi) is 3.63. The van der Waals surface area contributed by atoms with Crippen LogP contribution in [0.15, 0.2) is 30.5 Å². The third kappa shape index (κ3) is 3.00. The Labute approximate surface area is 136 Å². The number of rotatable bonds is 5. The van der Waals surface area contributed by atoms with Crippen molar-refractivity contribution in [2.75, 3.05) is 13.1 Å². The molecule has 0 N–H and O–H groups in total. The van der Waals surface area contributed by atoms with Gasteiger partial charge in [-0.3, -0.25) is 4.79 Å². The van der Waals surface area contributed by atoms with Crippen molar-refractivity contribution in [1.82, 2.24) is 19.9 Å². The van der Waals surface area contributed by atoms with E-state index in [2.05, 4.69) is 35.6 Å². The molecule has 0 bridgehead atoms. The highest BCUT2D eigenvalue weighted by Gasteiger charge is 2.34. The molecule has 1 saturated heterocycles. The first-order chi connectivity index (χ1) is 11.2. The van der Waals surface area contributed by atoms with Crippen LogP contribution in [-0.4, -0.2) is 38.9 Å². The molecule has 1 aromatic carbocycles. The number of aromatic nitrogens is 3. The highest BCUT2D eigenvalue weighted by atomic mass is 16.2. The second kappa shape index (κ2) is 5.80. The zero-order chi connectivity index (χ0) is 15.8. The minimum Gasteiger partial charge on any atom is -0.338 e. The summed E-state index contributed by atoms with van der Waals surface area (Å²) in [4.78, 5) is 14.2. The van der Waals surface area contributed by atoms with Crippen LogP contribution in [0.3, 0.4) is 0 Å². The lowest BCUT2D eigenvalue weighted by atomic mass is 10.0. The van der Waals surface area contributed by atoms with Crippen LogP contribution in [0, 0.1) is 6.92 Å². The number of carbonyl (C=O) groups is 1. The molecule has 1 aromatic heterocycles. The summed E-state index contributed by atoms with van der Waals surface area (Å²) < 4.78 is 1.94. The SMILES string of the molecule is Cc1ccccc1CCC(=O)N1CC(n2cc(C3CC3)nn2)C1. The fourth-order valence-electron chi connectivity index (χ4n) is 3.15. The highest BCUT2D eigenvalue weighted by molar-refractivity contribution is 5.77. The molecule has 0 atom stereocenters. The van der Waals surface area contributed by atoms with Crippen LogP contribution in [0.2, 0.25) is 0 Å². The van der Waals surface area contributed by atoms with E-state index >= 15 is 0 Å². The number of amides is 1. The summed E-state index contributed by atoms with van der Waals surface area (Å²) in [6.45, 7) is 3.63. The molecule has 1 amide bonds. The number of aryl methyl sites for hydroxylation is 2. The summed E-state index contributed by atoms with van der Waals surface area (Å²) in [7, 11) is 0. The molecule has 0 spiro atoms. The first-order valence-electron chi connectivity index (χ1n) is 8.44. The van der Waals surface area contributed by atoms with Crippen LogP contribution in [-0.2, 0) is 11.2 Å². The Bertz CT molecular complexity index is 713. The number of hydrogen-bond donors (Lipinski definition) is 0. The molecule has 1 saturated carbocycles. The van der Waals surface area contributed by atoms with Crippen molar-refractivity contribution in [2.45, 2.75) is 44.6 Å². The van der Waals surface area contributed by atoms with Crippen LogP contribution >= 0.6 is 0 Å². The summed E-state index contributed by atoms with van der Waals surface area (Å²) in [5, 5.41) is 8.47. The Morgan fingerprint density at radius 1 is 1.26 bits per heavy atom. The second-order valence-electron chi connectivity index (χ2n) is 6.78. The van der Waals surface area contributed by atoms with Crippen molar-refractivity contribution in [3.8, 4) is 0 Å². The fraction of sp³-hybridized carbons (Fsp3) is 0.500. The van der Waals surface area contributed by atoms with Gasteiger partial charge in [-0.15, -0.1) is 5.10 Å². The molecule has 0 radical (unpaired) electrons. The molecule has 120 valence electrons. The first-order valence-corrected chi connectivity index (χ1v) is 8.44. The van der Waals surface area contributed by atoms with Gasteiger partial charge in [-0.05, 0) is 37.3 Å². The van der Waals surface area contributed by atoms with Gasteiger partial charge in [0.05, 0.1) is 11.7 Å². The summed E-state index contributed by atoms with van der Waals surface area (Å²) in [6, 6.07) is 8.58. The van der Waals surface area contributed by atoms with Crippen molar-refractivity contribution in [2.24, 2.45) is 0 Å². The van der Waals surface area contributed by atoms with Gasteiger partial charge in [0.2, 0.25) is 5.91 Å². The molecule has 0 unspecified atom stereocenters. The summed E-state index contributed by atoms with van der Waals surface area (Å²) in [5.74, 6) is 0.878. The van der Waals surface area contributed by atoms with E-state index in [4.69, 9.17) is 0 Å². The number of hydrogen-bond acceptors (Lipinski definition) is 3. The minimum atomic E-state index is 0.243. The van der Waals surface area contributed by atoms with E-state index in [1.807, 2.05) is 21.7 Å².